The van der Waals surface area contributed by atoms with Crippen molar-refractivity contribution in [3.63, 3.8) is 0 Å². The lowest BCUT2D eigenvalue weighted by molar-refractivity contribution is 0.00931. The molecule has 2 atom stereocenters. The number of nitrogens with two attached hydrogens (primary N) is 1. The summed E-state index contributed by atoms with van der Waals surface area (Å²) in [6, 6.07) is 9.93. The number of fused-ring (bicyclic) bond motifs is 1. The Balaban J connectivity index is 2.00. The van der Waals surface area contributed by atoms with Gasteiger partial charge in [0.2, 0.25) is 0 Å². The van der Waals surface area contributed by atoms with Crippen molar-refractivity contribution in [2.45, 2.75) is 18.6 Å². The van der Waals surface area contributed by atoms with Crippen LogP contribution in [0.5, 0.6) is 0 Å². The molecule has 2 aromatic rings. The summed E-state index contributed by atoms with van der Waals surface area (Å²) in [6.45, 7) is 0.693. The number of furan rings is 1. The Morgan fingerprint density at radius 3 is 2.89 bits per heavy atom. The van der Waals surface area contributed by atoms with Crippen molar-refractivity contribution in [3.05, 3.63) is 58.0 Å². The molecule has 2 unspecified atom stereocenters. The average molecular weight is 323 g/mol. The van der Waals surface area contributed by atoms with Crippen LogP contribution in [0.2, 0.25) is 0 Å². The van der Waals surface area contributed by atoms with Gasteiger partial charge >= 0.3 is 0 Å². The fraction of sp³-hybridized carbons (Fsp3) is 0.286. The lowest BCUT2D eigenvalue weighted by Gasteiger charge is -2.31. The topological polar surface area (TPSA) is 60.4 Å². The van der Waals surface area contributed by atoms with Crippen molar-refractivity contribution in [1.29, 1.82) is 0 Å². The SMILES string of the molecule is NNC(c1occc1Br)C1OCCc2ccccc21. The van der Waals surface area contributed by atoms with Crippen molar-refractivity contribution in [1.82, 2.24) is 5.43 Å². The van der Waals surface area contributed by atoms with Gasteiger partial charge in [-0.3, -0.25) is 5.84 Å². The molecule has 5 heteroatoms. The Labute approximate surface area is 120 Å². The third-order valence-electron chi connectivity index (χ3n) is 3.44. The first-order chi connectivity index (χ1) is 9.31. The van der Waals surface area contributed by atoms with E-state index in [1.54, 1.807) is 6.26 Å². The highest BCUT2D eigenvalue weighted by atomic mass is 79.9. The molecule has 100 valence electrons. The second-order valence-electron chi connectivity index (χ2n) is 4.52. The van der Waals surface area contributed by atoms with Crippen LogP contribution in [0.15, 0.2) is 45.5 Å². The van der Waals surface area contributed by atoms with E-state index in [0.29, 0.717) is 6.61 Å². The smallest absolute Gasteiger partial charge is 0.139 e. The van der Waals surface area contributed by atoms with Gasteiger partial charge in [0, 0.05) is 0 Å². The zero-order valence-corrected chi connectivity index (χ0v) is 11.9. The number of benzene rings is 1. The number of rotatable bonds is 3. The zero-order valence-electron chi connectivity index (χ0n) is 10.3. The molecule has 1 aromatic heterocycles. The van der Waals surface area contributed by atoms with E-state index in [0.717, 1.165) is 16.7 Å². The first-order valence-electron chi connectivity index (χ1n) is 6.19. The third kappa shape index (κ3) is 2.34. The summed E-state index contributed by atoms with van der Waals surface area (Å²) < 4.78 is 12.3. The van der Waals surface area contributed by atoms with Crippen LogP contribution < -0.4 is 11.3 Å². The summed E-state index contributed by atoms with van der Waals surface area (Å²) in [6.07, 6.45) is 2.43. The van der Waals surface area contributed by atoms with Crippen LogP contribution >= 0.6 is 15.9 Å². The maximum atomic E-state index is 5.91. The van der Waals surface area contributed by atoms with Crippen LogP contribution in [0, 0.1) is 0 Å². The van der Waals surface area contributed by atoms with Crippen molar-refractivity contribution in [2.24, 2.45) is 5.84 Å². The lowest BCUT2D eigenvalue weighted by atomic mass is 9.92. The highest BCUT2D eigenvalue weighted by Gasteiger charge is 2.32. The molecule has 0 aliphatic carbocycles. The van der Waals surface area contributed by atoms with E-state index in [-0.39, 0.29) is 12.1 Å². The number of hydrazine groups is 1. The monoisotopic (exact) mass is 322 g/mol. The van der Waals surface area contributed by atoms with E-state index in [2.05, 4.69) is 39.6 Å². The Hall–Kier alpha value is -1.14. The summed E-state index contributed by atoms with van der Waals surface area (Å²) in [4.78, 5) is 0. The van der Waals surface area contributed by atoms with Crippen LogP contribution in [0.4, 0.5) is 0 Å². The van der Waals surface area contributed by atoms with E-state index in [1.165, 1.54) is 11.1 Å². The van der Waals surface area contributed by atoms with E-state index in [4.69, 9.17) is 15.0 Å². The number of halogens is 1. The Bertz CT molecular complexity index is 570. The molecular formula is C14H15BrN2O2. The summed E-state index contributed by atoms with van der Waals surface area (Å²) in [5.41, 5.74) is 5.28. The molecule has 0 saturated heterocycles. The quantitative estimate of drug-likeness (QED) is 0.674. The summed E-state index contributed by atoms with van der Waals surface area (Å²) in [5.74, 6) is 6.46. The molecule has 19 heavy (non-hydrogen) atoms. The Morgan fingerprint density at radius 1 is 1.32 bits per heavy atom. The zero-order chi connectivity index (χ0) is 13.2. The highest BCUT2D eigenvalue weighted by molar-refractivity contribution is 9.10. The van der Waals surface area contributed by atoms with Gasteiger partial charge in [-0.05, 0) is 39.5 Å². The van der Waals surface area contributed by atoms with Crippen LogP contribution in [0.1, 0.15) is 29.0 Å². The number of hydrogen-bond donors (Lipinski definition) is 2. The molecular weight excluding hydrogens is 308 g/mol. The molecule has 0 bridgehead atoms. The van der Waals surface area contributed by atoms with Crippen LogP contribution in [0.25, 0.3) is 0 Å². The second kappa shape index (κ2) is 5.46. The molecule has 0 saturated carbocycles. The van der Waals surface area contributed by atoms with Gasteiger partial charge in [0.1, 0.15) is 17.9 Å². The second-order valence-corrected chi connectivity index (χ2v) is 5.37. The van der Waals surface area contributed by atoms with Gasteiger partial charge in [0.05, 0.1) is 17.3 Å². The van der Waals surface area contributed by atoms with Crippen molar-refractivity contribution in [3.8, 4) is 0 Å². The average Bonchev–Trinajstić information content (AvgIpc) is 2.86. The molecule has 2 heterocycles. The third-order valence-corrected chi connectivity index (χ3v) is 4.10. The standard InChI is InChI=1S/C14H15BrN2O2/c15-11-6-8-19-14(11)12(17-16)13-10-4-2-1-3-9(10)5-7-18-13/h1-4,6,8,12-13,17H,5,7,16H2. The summed E-state index contributed by atoms with van der Waals surface area (Å²) in [5, 5.41) is 0. The molecule has 4 nitrogen and oxygen atoms in total. The Kier molecular flexibility index (Phi) is 3.70. The van der Waals surface area contributed by atoms with Gasteiger partial charge in [-0.1, -0.05) is 24.3 Å². The minimum atomic E-state index is -0.217. The van der Waals surface area contributed by atoms with Crippen molar-refractivity contribution < 1.29 is 9.15 Å². The molecule has 1 aliphatic rings. The first kappa shape index (κ1) is 12.9. The van der Waals surface area contributed by atoms with Crippen LogP contribution in [-0.2, 0) is 11.2 Å². The maximum Gasteiger partial charge on any atom is 0.139 e. The van der Waals surface area contributed by atoms with Gasteiger partial charge in [-0.15, -0.1) is 0 Å². The van der Waals surface area contributed by atoms with Crippen molar-refractivity contribution >= 4 is 15.9 Å². The maximum absolute atomic E-state index is 5.91. The molecule has 3 rings (SSSR count). The molecule has 1 aromatic carbocycles. The van der Waals surface area contributed by atoms with E-state index in [9.17, 15) is 0 Å². The molecule has 0 radical (unpaired) electrons. The largest absolute Gasteiger partial charge is 0.466 e. The van der Waals surface area contributed by atoms with Gasteiger partial charge < -0.3 is 9.15 Å². The fourth-order valence-electron chi connectivity index (χ4n) is 2.53. The molecule has 0 fully saturated rings. The van der Waals surface area contributed by atoms with Gasteiger partial charge in [0.15, 0.2) is 0 Å². The molecule has 1 aliphatic heterocycles. The normalized spacial score (nSPS) is 20.0. The predicted molar refractivity (Wildman–Crippen MR) is 75.3 cm³/mol. The van der Waals surface area contributed by atoms with Gasteiger partial charge in [0.25, 0.3) is 0 Å². The summed E-state index contributed by atoms with van der Waals surface area (Å²) in [7, 11) is 0. The van der Waals surface area contributed by atoms with Crippen LogP contribution in [-0.4, -0.2) is 6.61 Å². The Morgan fingerprint density at radius 2 is 2.16 bits per heavy atom. The fourth-order valence-corrected chi connectivity index (χ4v) is 2.98. The number of ether oxygens (including phenoxy) is 1. The molecule has 0 amide bonds. The number of hydrogen-bond acceptors (Lipinski definition) is 4. The predicted octanol–water partition coefficient (Wildman–Crippen LogP) is 2.86. The summed E-state index contributed by atoms with van der Waals surface area (Å²) >= 11 is 3.47. The van der Waals surface area contributed by atoms with Crippen LogP contribution in [0.3, 0.4) is 0 Å². The first-order valence-corrected chi connectivity index (χ1v) is 6.99. The molecule has 0 spiro atoms. The van der Waals surface area contributed by atoms with E-state index >= 15 is 0 Å². The lowest BCUT2D eigenvalue weighted by Crippen LogP contribution is -2.35. The van der Waals surface area contributed by atoms with Gasteiger partial charge in [-0.2, -0.15) is 0 Å². The van der Waals surface area contributed by atoms with E-state index < -0.39 is 0 Å². The van der Waals surface area contributed by atoms with Crippen molar-refractivity contribution in [2.75, 3.05) is 6.61 Å². The minimum Gasteiger partial charge on any atom is -0.466 e. The minimum absolute atomic E-state index is 0.141. The molecule has 3 N–H and O–H groups in total. The highest BCUT2D eigenvalue weighted by Crippen LogP contribution is 2.39. The van der Waals surface area contributed by atoms with E-state index in [1.807, 2.05) is 12.1 Å². The van der Waals surface area contributed by atoms with Gasteiger partial charge in [-0.25, -0.2) is 5.43 Å². The number of nitrogens with one attached hydrogen (secondary N) is 1.